The average molecular weight is 388 g/mol. The van der Waals surface area contributed by atoms with E-state index in [0.717, 1.165) is 5.56 Å². The van der Waals surface area contributed by atoms with Crippen LogP contribution in [0.1, 0.15) is 15.9 Å². The number of carbonyl (C=O) groups is 2. The molecule has 7 nitrogen and oxygen atoms in total. The molecule has 0 saturated heterocycles. The van der Waals surface area contributed by atoms with Crippen LogP contribution in [0.4, 0.5) is 0 Å². The Bertz CT molecular complexity index is 911. The highest BCUT2D eigenvalue weighted by Gasteiger charge is 2.17. The van der Waals surface area contributed by atoms with E-state index >= 15 is 0 Å². The molecule has 1 amide bonds. The number of amides is 1. The molecule has 2 rings (SSSR count). The van der Waals surface area contributed by atoms with Gasteiger partial charge < -0.3 is 10.1 Å². The van der Waals surface area contributed by atoms with Gasteiger partial charge in [-0.15, -0.1) is 6.58 Å². The predicted octanol–water partition coefficient (Wildman–Crippen LogP) is 1.62. The van der Waals surface area contributed by atoms with Crippen molar-refractivity contribution in [3.8, 4) is 0 Å². The van der Waals surface area contributed by atoms with Gasteiger partial charge in [0, 0.05) is 13.1 Å². The molecule has 2 aromatic carbocycles. The van der Waals surface area contributed by atoms with E-state index in [4.69, 9.17) is 4.74 Å². The van der Waals surface area contributed by atoms with E-state index < -0.39 is 28.5 Å². The second-order valence-electron chi connectivity index (χ2n) is 5.51. The van der Waals surface area contributed by atoms with E-state index in [9.17, 15) is 18.0 Å². The number of benzene rings is 2. The molecule has 0 unspecified atom stereocenters. The summed E-state index contributed by atoms with van der Waals surface area (Å²) in [5.74, 6) is -1.26. The number of sulfonamides is 1. The van der Waals surface area contributed by atoms with Crippen LogP contribution < -0.4 is 10.0 Å². The molecule has 0 atom stereocenters. The van der Waals surface area contributed by atoms with Gasteiger partial charge in [0.1, 0.15) is 0 Å². The van der Waals surface area contributed by atoms with Gasteiger partial charge >= 0.3 is 5.97 Å². The maximum atomic E-state index is 12.4. The van der Waals surface area contributed by atoms with Crippen LogP contribution in [0, 0.1) is 0 Å². The maximum Gasteiger partial charge on any atom is 0.338 e. The Morgan fingerprint density at radius 3 is 2.52 bits per heavy atom. The van der Waals surface area contributed by atoms with Crippen molar-refractivity contribution in [2.24, 2.45) is 0 Å². The third-order valence-corrected chi connectivity index (χ3v) is 4.87. The Morgan fingerprint density at radius 1 is 1.07 bits per heavy atom. The molecule has 0 radical (unpaired) electrons. The summed E-state index contributed by atoms with van der Waals surface area (Å²) in [6, 6.07) is 14.5. The SMILES string of the molecule is C=CCNC(=O)COC(=O)c1cccc(S(=O)(=O)NCc2ccccc2)c1. The number of hydrogen-bond acceptors (Lipinski definition) is 5. The van der Waals surface area contributed by atoms with Gasteiger partial charge in [-0.3, -0.25) is 4.79 Å². The number of rotatable bonds is 9. The lowest BCUT2D eigenvalue weighted by Crippen LogP contribution is -2.28. The lowest BCUT2D eigenvalue weighted by molar-refractivity contribution is -0.124. The monoisotopic (exact) mass is 388 g/mol. The van der Waals surface area contributed by atoms with Crippen molar-refractivity contribution in [2.75, 3.05) is 13.2 Å². The molecule has 0 aromatic heterocycles. The van der Waals surface area contributed by atoms with E-state index in [1.54, 1.807) is 12.1 Å². The Kier molecular flexibility index (Phi) is 7.27. The van der Waals surface area contributed by atoms with Crippen molar-refractivity contribution in [3.05, 3.63) is 78.4 Å². The molecule has 0 spiro atoms. The first-order valence-electron chi connectivity index (χ1n) is 8.11. The number of hydrogen-bond donors (Lipinski definition) is 2. The first-order valence-corrected chi connectivity index (χ1v) is 9.59. The van der Waals surface area contributed by atoms with Crippen LogP contribution in [0.25, 0.3) is 0 Å². The van der Waals surface area contributed by atoms with Crippen LogP contribution in [0.15, 0.2) is 72.1 Å². The quantitative estimate of drug-likeness (QED) is 0.502. The van der Waals surface area contributed by atoms with E-state index in [2.05, 4.69) is 16.6 Å². The van der Waals surface area contributed by atoms with Crippen molar-refractivity contribution in [2.45, 2.75) is 11.4 Å². The van der Waals surface area contributed by atoms with Crippen LogP contribution in [0.2, 0.25) is 0 Å². The Balaban J connectivity index is 2.01. The first kappa shape index (κ1) is 20.3. The van der Waals surface area contributed by atoms with Gasteiger partial charge in [0.05, 0.1) is 10.5 Å². The second-order valence-corrected chi connectivity index (χ2v) is 7.27. The lowest BCUT2D eigenvalue weighted by Gasteiger charge is -2.09. The van der Waals surface area contributed by atoms with E-state index in [0.29, 0.717) is 0 Å². The number of carbonyl (C=O) groups excluding carboxylic acids is 2. The fourth-order valence-electron chi connectivity index (χ4n) is 2.10. The zero-order chi connectivity index (χ0) is 19.7. The van der Waals surface area contributed by atoms with Crippen LogP contribution in [-0.2, 0) is 26.1 Å². The van der Waals surface area contributed by atoms with Gasteiger partial charge in [-0.1, -0.05) is 42.5 Å². The highest BCUT2D eigenvalue weighted by atomic mass is 32.2. The van der Waals surface area contributed by atoms with E-state index in [1.165, 1.54) is 30.3 Å². The fourth-order valence-corrected chi connectivity index (χ4v) is 3.16. The molecule has 8 heteroatoms. The fraction of sp³-hybridized carbons (Fsp3) is 0.158. The second kappa shape index (κ2) is 9.65. The summed E-state index contributed by atoms with van der Waals surface area (Å²) in [5.41, 5.74) is 0.844. The highest BCUT2D eigenvalue weighted by Crippen LogP contribution is 2.13. The average Bonchev–Trinajstić information content (AvgIpc) is 2.70. The van der Waals surface area contributed by atoms with Gasteiger partial charge in [0.2, 0.25) is 10.0 Å². The molecule has 0 aliphatic rings. The normalized spacial score (nSPS) is 10.8. The van der Waals surface area contributed by atoms with Crippen molar-refractivity contribution < 1.29 is 22.7 Å². The molecule has 142 valence electrons. The number of nitrogens with one attached hydrogen (secondary N) is 2. The topological polar surface area (TPSA) is 102 Å². The van der Waals surface area contributed by atoms with Gasteiger partial charge in [-0.05, 0) is 23.8 Å². The molecular formula is C19H20N2O5S. The van der Waals surface area contributed by atoms with E-state index in [-0.39, 0.29) is 23.5 Å². The summed E-state index contributed by atoms with van der Waals surface area (Å²) < 4.78 is 32.2. The summed E-state index contributed by atoms with van der Waals surface area (Å²) in [7, 11) is -3.81. The van der Waals surface area contributed by atoms with Gasteiger partial charge in [0.15, 0.2) is 6.61 Å². The molecule has 27 heavy (non-hydrogen) atoms. The van der Waals surface area contributed by atoms with Crippen molar-refractivity contribution in [3.63, 3.8) is 0 Å². The van der Waals surface area contributed by atoms with Crippen molar-refractivity contribution in [1.82, 2.24) is 10.0 Å². The summed E-state index contributed by atoms with van der Waals surface area (Å²) in [6.07, 6.45) is 1.50. The summed E-state index contributed by atoms with van der Waals surface area (Å²) in [5, 5.41) is 2.47. The van der Waals surface area contributed by atoms with Crippen LogP contribution in [0.3, 0.4) is 0 Å². The van der Waals surface area contributed by atoms with Gasteiger partial charge in [0.25, 0.3) is 5.91 Å². The van der Waals surface area contributed by atoms with Gasteiger partial charge in [-0.2, -0.15) is 0 Å². The minimum absolute atomic E-state index is 0.0362. The van der Waals surface area contributed by atoms with E-state index in [1.807, 2.05) is 18.2 Å². The molecule has 0 aliphatic carbocycles. The third kappa shape index (κ3) is 6.36. The van der Waals surface area contributed by atoms with Crippen LogP contribution >= 0.6 is 0 Å². The van der Waals surface area contributed by atoms with Crippen LogP contribution in [0.5, 0.6) is 0 Å². The van der Waals surface area contributed by atoms with Crippen molar-refractivity contribution >= 4 is 21.9 Å². The lowest BCUT2D eigenvalue weighted by atomic mass is 10.2. The molecule has 0 heterocycles. The largest absolute Gasteiger partial charge is 0.452 e. The summed E-state index contributed by atoms with van der Waals surface area (Å²) in [4.78, 5) is 23.4. The number of esters is 1. The molecule has 0 aliphatic heterocycles. The molecule has 2 N–H and O–H groups in total. The third-order valence-electron chi connectivity index (χ3n) is 3.47. The zero-order valence-electron chi connectivity index (χ0n) is 14.6. The zero-order valence-corrected chi connectivity index (χ0v) is 15.4. The Labute approximate surface area is 158 Å². The molecular weight excluding hydrogens is 368 g/mol. The van der Waals surface area contributed by atoms with Crippen LogP contribution in [-0.4, -0.2) is 33.4 Å². The summed E-state index contributed by atoms with van der Waals surface area (Å²) in [6.45, 7) is 3.38. The smallest absolute Gasteiger partial charge is 0.338 e. The maximum absolute atomic E-state index is 12.4. The Morgan fingerprint density at radius 2 is 1.81 bits per heavy atom. The molecule has 2 aromatic rings. The minimum Gasteiger partial charge on any atom is -0.452 e. The molecule has 0 bridgehead atoms. The molecule has 0 fully saturated rings. The standard InChI is InChI=1S/C19H20N2O5S/c1-2-11-20-18(22)14-26-19(23)16-9-6-10-17(12-16)27(24,25)21-13-15-7-4-3-5-8-15/h2-10,12,21H,1,11,13-14H2,(H,20,22). The summed E-state index contributed by atoms with van der Waals surface area (Å²) >= 11 is 0. The Hall–Kier alpha value is -2.97. The van der Waals surface area contributed by atoms with Crippen molar-refractivity contribution in [1.29, 1.82) is 0 Å². The molecule has 0 saturated carbocycles. The number of ether oxygens (including phenoxy) is 1. The highest BCUT2D eigenvalue weighted by molar-refractivity contribution is 7.89. The predicted molar refractivity (Wildman–Crippen MR) is 100 cm³/mol. The van der Waals surface area contributed by atoms with Gasteiger partial charge in [-0.25, -0.2) is 17.9 Å². The first-order chi connectivity index (χ1) is 12.9. The minimum atomic E-state index is -3.81.